The molecule has 3 aliphatic rings. The molecule has 2 nitrogen and oxygen atoms in total. The summed E-state index contributed by atoms with van der Waals surface area (Å²) in [6.45, 7) is 9.57. The van der Waals surface area contributed by atoms with Gasteiger partial charge in [-0.15, -0.1) is 0 Å². The van der Waals surface area contributed by atoms with Gasteiger partial charge in [0.1, 0.15) is 0 Å². The highest BCUT2D eigenvalue weighted by Crippen LogP contribution is 2.60. The van der Waals surface area contributed by atoms with Crippen molar-refractivity contribution in [3.8, 4) is 11.1 Å². The van der Waals surface area contributed by atoms with Crippen molar-refractivity contribution in [2.24, 2.45) is 0 Å². The van der Waals surface area contributed by atoms with Gasteiger partial charge in [0.2, 0.25) is 0 Å². The maximum absolute atomic E-state index is 2.55. The van der Waals surface area contributed by atoms with E-state index in [1.165, 1.54) is 72.3 Å². The molecular weight excluding hydrogens is 581 g/mol. The minimum atomic E-state index is -0.187. The standard InChI is InChI=1S/C46H40N2/c1-45(2)38-17-10-11-20-42(38)48-43-28-27-37(30-41(43)46(3,4)40-19-12-18-39(45)44(40)48)47(36-26-23-32-15-8-9-16-34(32)29-36)35-24-21-33(22-25-35)31-13-6-5-7-14-31/h5-25,27-30,36H,26H2,1-4H3. The van der Waals surface area contributed by atoms with E-state index in [0.717, 1.165) is 6.42 Å². The smallest absolute Gasteiger partial charge is 0.0566 e. The maximum Gasteiger partial charge on any atom is 0.0566 e. The number of hydrogen-bond acceptors (Lipinski definition) is 2. The minimum absolute atomic E-state index is 0.0850. The Bertz CT molecular complexity index is 2330. The maximum atomic E-state index is 2.55. The molecule has 2 heterocycles. The molecule has 0 saturated heterocycles. The Morgan fingerprint density at radius 3 is 1.88 bits per heavy atom. The van der Waals surface area contributed by atoms with Crippen LogP contribution in [0.2, 0.25) is 0 Å². The molecule has 9 rings (SSSR count). The van der Waals surface area contributed by atoms with Crippen LogP contribution in [0.5, 0.6) is 0 Å². The molecule has 1 aliphatic carbocycles. The van der Waals surface area contributed by atoms with Gasteiger partial charge in [-0.1, -0.05) is 143 Å². The fourth-order valence-electron chi connectivity index (χ4n) is 8.55. The molecule has 2 aliphatic heterocycles. The third kappa shape index (κ3) is 4.25. The van der Waals surface area contributed by atoms with Crippen molar-refractivity contribution in [2.45, 2.75) is 51.0 Å². The molecule has 1 unspecified atom stereocenters. The second kappa shape index (κ2) is 10.6. The average molecular weight is 621 g/mol. The number of nitrogens with zero attached hydrogens (tertiary/aromatic N) is 2. The number of fused-ring (bicyclic) bond motifs is 5. The molecule has 0 fully saturated rings. The van der Waals surface area contributed by atoms with Gasteiger partial charge >= 0.3 is 0 Å². The lowest BCUT2D eigenvalue weighted by molar-refractivity contribution is 0.597. The lowest BCUT2D eigenvalue weighted by atomic mass is 9.66. The first-order chi connectivity index (χ1) is 23.3. The van der Waals surface area contributed by atoms with Gasteiger partial charge in [-0.05, 0) is 86.6 Å². The highest BCUT2D eigenvalue weighted by atomic mass is 15.2. The molecule has 0 radical (unpaired) electrons. The van der Waals surface area contributed by atoms with E-state index in [2.05, 4.69) is 189 Å². The summed E-state index contributed by atoms with van der Waals surface area (Å²) in [5.74, 6) is 0. The predicted molar refractivity (Wildman–Crippen MR) is 202 cm³/mol. The van der Waals surface area contributed by atoms with E-state index in [1.807, 2.05) is 0 Å². The van der Waals surface area contributed by atoms with E-state index in [1.54, 1.807) is 0 Å². The van der Waals surface area contributed by atoms with Crippen LogP contribution in [-0.4, -0.2) is 6.04 Å². The Balaban J connectivity index is 1.23. The Morgan fingerprint density at radius 2 is 1.10 bits per heavy atom. The van der Waals surface area contributed by atoms with Crippen LogP contribution < -0.4 is 20.2 Å². The Labute approximate surface area is 283 Å². The molecule has 48 heavy (non-hydrogen) atoms. The van der Waals surface area contributed by atoms with Gasteiger partial charge in [-0.25, -0.2) is 0 Å². The van der Waals surface area contributed by atoms with Gasteiger partial charge in [0.15, 0.2) is 0 Å². The number of anilines is 5. The van der Waals surface area contributed by atoms with Crippen molar-refractivity contribution < 1.29 is 0 Å². The van der Waals surface area contributed by atoms with Crippen LogP contribution in [0, 0.1) is 0 Å². The quantitative estimate of drug-likeness (QED) is 0.194. The minimum Gasteiger partial charge on any atom is -0.334 e. The Hall–Kier alpha value is -5.34. The third-order valence-corrected chi connectivity index (χ3v) is 11.1. The summed E-state index contributed by atoms with van der Waals surface area (Å²) >= 11 is 0. The van der Waals surface area contributed by atoms with Crippen molar-refractivity contribution in [3.05, 3.63) is 172 Å². The SMILES string of the molecule is CC1(C)c2ccccc2N2c3ccc(N(c4ccc(-c5ccccc5)cc4)C4C=c5ccccc5=CC4)cc3C(C)(C)c3cccc1c32. The normalized spacial score (nSPS) is 17.5. The van der Waals surface area contributed by atoms with Crippen LogP contribution in [0.15, 0.2) is 140 Å². The average Bonchev–Trinajstić information content (AvgIpc) is 3.12. The van der Waals surface area contributed by atoms with E-state index in [9.17, 15) is 0 Å². The number of rotatable bonds is 4. The van der Waals surface area contributed by atoms with Crippen molar-refractivity contribution in [1.29, 1.82) is 0 Å². The molecular formula is C46H40N2. The summed E-state index contributed by atoms with van der Waals surface area (Å²) in [5.41, 5.74) is 14.0. The molecule has 6 aromatic rings. The first-order valence-electron chi connectivity index (χ1n) is 17.2. The van der Waals surface area contributed by atoms with E-state index in [-0.39, 0.29) is 16.9 Å². The largest absolute Gasteiger partial charge is 0.334 e. The summed E-state index contributed by atoms with van der Waals surface area (Å²) < 4.78 is 0. The lowest BCUT2D eigenvalue weighted by Crippen LogP contribution is -2.39. The second-order valence-corrected chi connectivity index (χ2v) is 14.6. The fraction of sp³-hybridized carbons (Fsp3) is 0.174. The van der Waals surface area contributed by atoms with Crippen molar-refractivity contribution in [3.63, 3.8) is 0 Å². The zero-order valence-corrected chi connectivity index (χ0v) is 28.1. The molecule has 2 heteroatoms. The third-order valence-electron chi connectivity index (χ3n) is 11.1. The van der Waals surface area contributed by atoms with Gasteiger partial charge < -0.3 is 9.80 Å². The monoisotopic (exact) mass is 620 g/mol. The van der Waals surface area contributed by atoms with Crippen molar-refractivity contribution >= 4 is 40.6 Å². The first kappa shape index (κ1) is 28.8. The first-order valence-corrected chi connectivity index (χ1v) is 17.2. The fourth-order valence-corrected chi connectivity index (χ4v) is 8.55. The van der Waals surface area contributed by atoms with Crippen LogP contribution in [0.25, 0.3) is 23.3 Å². The van der Waals surface area contributed by atoms with Crippen LogP contribution in [0.4, 0.5) is 28.4 Å². The van der Waals surface area contributed by atoms with Crippen LogP contribution in [-0.2, 0) is 10.8 Å². The van der Waals surface area contributed by atoms with E-state index < -0.39 is 0 Å². The lowest BCUT2D eigenvalue weighted by Gasteiger charge is -2.49. The number of hydrogen-bond donors (Lipinski definition) is 0. The molecule has 6 aromatic carbocycles. The predicted octanol–water partition coefficient (Wildman–Crippen LogP) is 10.3. The van der Waals surface area contributed by atoms with Gasteiger partial charge in [0.05, 0.1) is 23.1 Å². The Kier molecular flexibility index (Phi) is 6.36. The van der Waals surface area contributed by atoms with Crippen LogP contribution >= 0.6 is 0 Å². The van der Waals surface area contributed by atoms with Gasteiger partial charge in [0.25, 0.3) is 0 Å². The molecule has 1 atom stereocenters. The van der Waals surface area contributed by atoms with Gasteiger partial charge in [0, 0.05) is 22.2 Å². The number of benzene rings is 6. The zero-order valence-electron chi connectivity index (χ0n) is 28.1. The van der Waals surface area contributed by atoms with Gasteiger partial charge in [-0.2, -0.15) is 0 Å². The number of para-hydroxylation sites is 2. The van der Waals surface area contributed by atoms with E-state index in [4.69, 9.17) is 0 Å². The summed E-state index contributed by atoms with van der Waals surface area (Å²) in [6.07, 6.45) is 5.80. The summed E-state index contributed by atoms with van der Waals surface area (Å²) in [4.78, 5) is 5.10. The molecule has 0 aromatic heterocycles. The molecule has 0 saturated carbocycles. The topological polar surface area (TPSA) is 6.48 Å². The molecule has 234 valence electrons. The molecule has 0 amide bonds. The molecule has 0 spiro atoms. The second-order valence-electron chi connectivity index (χ2n) is 14.6. The summed E-state index contributed by atoms with van der Waals surface area (Å²) in [7, 11) is 0. The van der Waals surface area contributed by atoms with E-state index in [0.29, 0.717) is 0 Å². The zero-order chi connectivity index (χ0) is 32.6. The molecule has 0 bridgehead atoms. The van der Waals surface area contributed by atoms with Crippen LogP contribution in [0.1, 0.15) is 56.4 Å². The molecule has 0 N–H and O–H groups in total. The highest BCUT2D eigenvalue weighted by molar-refractivity contribution is 5.93. The van der Waals surface area contributed by atoms with Crippen molar-refractivity contribution in [1.82, 2.24) is 0 Å². The van der Waals surface area contributed by atoms with E-state index >= 15 is 0 Å². The van der Waals surface area contributed by atoms with Crippen LogP contribution in [0.3, 0.4) is 0 Å². The van der Waals surface area contributed by atoms with Crippen molar-refractivity contribution in [2.75, 3.05) is 9.80 Å². The highest BCUT2D eigenvalue weighted by Gasteiger charge is 2.45. The Morgan fingerprint density at radius 1 is 0.521 bits per heavy atom. The summed E-state index contributed by atoms with van der Waals surface area (Å²) in [5, 5.41) is 2.62. The van der Waals surface area contributed by atoms with Gasteiger partial charge in [-0.3, -0.25) is 0 Å². The summed E-state index contributed by atoms with van der Waals surface area (Å²) in [6, 6.07) is 51.9.